The van der Waals surface area contributed by atoms with Crippen molar-refractivity contribution in [2.75, 3.05) is 38.2 Å². The quantitative estimate of drug-likeness (QED) is 0.0881. The maximum Gasteiger partial charge on any atom is 0.348 e. The molecule has 0 bridgehead atoms. The molecule has 0 saturated carbocycles. The molecule has 0 radical (unpaired) electrons. The van der Waals surface area contributed by atoms with E-state index in [0.29, 0.717) is 25.0 Å². The van der Waals surface area contributed by atoms with Gasteiger partial charge < -0.3 is 9.47 Å². The Morgan fingerprint density at radius 3 is 1.08 bits per heavy atom. The van der Waals surface area contributed by atoms with Crippen molar-refractivity contribution in [3.05, 3.63) is 36.5 Å². The van der Waals surface area contributed by atoms with Crippen LogP contribution in [0, 0.1) is 34.5 Å². The summed E-state index contributed by atoms with van der Waals surface area (Å²) in [5.74, 6) is -0.435. The number of esters is 2. The molecule has 0 aromatic heterocycles. The molecule has 39 heavy (non-hydrogen) atoms. The molecule has 0 aromatic carbocycles. The summed E-state index contributed by atoms with van der Waals surface area (Å²) in [7, 11) is -0.722. The first kappa shape index (κ1) is 50.0. The Labute approximate surface area is 257 Å². The van der Waals surface area contributed by atoms with Crippen LogP contribution in [-0.4, -0.2) is 58.6 Å². The average Bonchev–Trinajstić information content (AvgIpc) is 2.88. The van der Waals surface area contributed by atoms with Gasteiger partial charge in [0.05, 0.1) is 38.2 Å². The number of nitriles is 2. The van der Waals surface area contributed by atoms with Gasteiger partial charge in [0, 0.05) is 21.1 Å². The van der Waals surface area contributed by atoms with Gasteiger partial charge in [-0.2, -0.15) is 10.5 Å². The summed E-state index contributed by atoms with van der Waals surface area (Å²) in [6, 6.07) is 3.31. The standard InChI is InChI=1S/2C10H15NO2.C4H8.2C2H6OS.Pt/c2*1-4-9(5-2)7-13-10(12)8(3)6-11;1-3-4-2;2*1-4(2)3;/h2*9H,3-5,7H2,1-2H3;3-4H,1-2H3;2*1-2H3;/p+2. The van der Waals surface area contributed by atoms with Crippen LogP contribution in [0.5, 0.6) is 0 Å². The summed E-state index contributed by atoms with van der Waals surface area (Å²) < 4.78 is 25.9. The normalized spacial score (nSPS) is 9.03. The van der Waals surface area contributed by atoms with Crippen molar-refractivity contribution >= 4 is 33.5 Å². The fourth-order valence-corrected chi connectivity index (χ4v) is 1.70. The van der Waals surface area contributed by atoms with Crippen molar-refractivity contribution in [1.82, 2.24) is 0 Å². The molecular formula is C28H52N2O6PtS2+2. The van der Waals surface area contributed by atoms with Gasteiger partial charge in [0.2, 0.25) is 0 Å². The molecule has 0 saturated heterocycles. The van der Waals surface area contributed by atoms with Gasteiger partial charge in [0.1, 0.15) is 23.3 Å². The van der Waals surface area contributed by atoms with Gasteiger partial charge in [-0.15, -0.1) is 0 Å². The van der Waals surface area contributed by atoms with Crippen LogP contribution in [0.25, 0.3) is 0 Å². The predicted molar refractivity (Wildman–Crippen MR) is 162 cm³/mol. The SMILES string of the molecule is C=C(C#N)C(=O)OCC(CC)CC.C=C(C#N)C(=O)OCC(CC)CC.CC=CC.CS(C)=[OH+].CS(C)=[OH+].[Pt]. The Bertz CT molecular complexity index is 736. The Kier molecular flexibility index (Phi) is 49.1. The topological polar surface area (TPSA) is 143 Å². The molecule has 0 amide bonds. The van der Waals surface area contributed by atoms with Crippen LogP contribution in [-0.2, 0) is 61.7 Å². The van der Waals surface area contributed by atoms with Crippen molar-refractivity contribution in [1.29, 1.82) is 10.5 Å². The monoisotopic (exact) mass is 771 g/mol. The third kappa shape index (κ3) is 49.6. The third-order valence-electron chi connectivity index (χ3n) is 4.31. The summed E-state index contributed by atoms with van der Waals surface area (Å²) in [6.45, 7) is 19.5. The van der Waals surface area contributed by atoms with Crippen LogP contribution in [0.2, 0.25) is 0 Å². The van der Waals surface area contributed by atoms with Gasteiger partial charge in [-0.25, -0.2) is 9.59 Å². The van der Waals surface area contributed by atoms with E-state index in [0.717, 1.165) is 25.7 Å². The number of carbonyl (C=O) groups is 2. The maximum atomic E-state index is 11.0. The van der Waals surface area contributed by atoms with E-state index in [-0.39, 0.29) is 53.8 Å². The van der Waals surface area contributed by atoms with Crippen LogP contribution in [0.15, 0.2) is 36.5 Å². The zero-order valence-corrected chi connectivity index (χ0v) is 29.4. The molecule has 0 heterocycles. The molecule has 8 nitrogen and oxygen atoms in total. The zero-order chi connectivity index (χ0) is 31.1. The first-order valence-corrected chi connectivity index (χ1v) is 16.3. The van der Waals surface area contributed by atoms with Crippen molar-refractivity contribution in [2.45, 2.75) is 67.2 Å². The Morgan fingerprint density at radius 1 is 0.744 bits per heavy atom. The molecule has 0 aliphatic carbocycles. The molecule has 230 valence electrons. The van der Waals surface area contributed by atoms with Crippen molar-refractivity contribution in [3.8, 4) is 12.1 Å². The number of rotatable bonds is 10. The second kappa shape index (κ2) is 38.3. The molecule has 0 rings (SSSR count). The van der Waals surface area contributed by atoms with Crippen LogP contribution in [0.1, 0.15) is 67.2 Å². The number of nitrogens with zero attached hydrogens (tertiary/aromatic N) is 2. The van der Waals surface area contributed by atoms with Gasteiger partial charge in [-0.3, -0.25) is 8.42 Å². The molecule has 0 spiro atoms. The van der Waals surface area contributed by atoms with Crippen molar-refractivity contribution < 1.29 is 48.5 Å². The minimum absolute atomic E-state index is 0. The molecule has 11 heteroatoms. The van der Waals surface area contributed by atoms with Gasteiger partial charge in [0.25, 0.3) is 0 Å². The van der Waals surface area contributed by atoms with E-state index < -0.39 is 11.9 Å². The predicted octanol–water partition coefficient (Wildman–Crippen LogP) is 5.97. The first-order chi connectivity index (χ1) is 17.7. The van der Waals surface area contributed by atoms with E-state index in [4.69, 9.17) is 28.4 Å². The van der Waals surface area contributed by atoms with Crippen LogP contribution in [0.4, 0.5) is 0 Å². The van der Waals surface area contributed by atoms with Crippen LogP contribution in [0.3, 0.4) is 0 Å². The van der Waals surface area contributed by atoms with Crippen LogP contribution >= 0.6 is 0 Å². The maximum absolute atomic E-state index is 11.0. The summed E-state index contributed by atoms with van der Waals surface area (Å²) >= 11 is 0. The van der Waals surface area contributed by atoms with Gasteiger partial charge >= 0.3 is 11.9 Å². The minimum atomic E-state index is -0.602. The van der Waals surface area contributed by atoms with E-state index >= 15 is 0 Å². The smallest absolute Gasteiger partial charge is 0.348 e. The van der Waals surface area contributed by atoms with E-state index in [1.165, 1.54) is 0 Å². The first-order valence-electron chi connectivity index (χ1n) is 12.3. The zero-order valence-electron chi connectivity index (χ0n) is 25.5. The Morgan fingerprint density at radius 2 is 0.949 bits per heavy atom. The second-order valence-electron chi connectivity index (χ2n) is 7.96. The molecule has 0 aliphatic heterocycles. The molecule has 0 unspecified atom stereocenters. The number of hydrogen-bond donors (Lipinski definition) is 0. The van der Waals surface area contributed by atoms with Gasteiger partial charge in [0.15, 0.2) is 21.6 Å². The number of carbonyl (C=O) groups excluding carboxylic acids is 2. The third-order valence-corrected chi connectivity index (χ3v) is 4.31. The van der Waals surface area contributed by atoms with Crippen LogP contribution < -0.4 is 0 Å². The van der Waals surface area contributed by atoms with E-state index in [9.17, 15) is 9.59 Å². The summed E-state index contributed by atoms with van der Waals surface area (Å²) in [5, 5.41) is 16.7. The van der Waals surface area contributed by atoms with Gasteiger partial charge in [-0.05, 0) is 25.7 Å². The fourth-order valence-electron chi connectivity index (χ4n) is 1.70. The molecular weight excluding hydrogens is 720 g/mol. The fraction of sp³-hybridized carbons (Fsp3) is 0.643. The molecule has 0 fully saturated rings. The number of allylic oxidation sites excluding steroid dienone is 2. The number of ether oxygens (including phenoxy) is 2. The average molecular weight is 772 g/mol. The molecule has 0 aliphatic rings. The molecule has 0 atom stereocenters. The molecule has 2 N–H and O–H groups in total. The summed E-state index contributed by atoms with van der Waals surface area (Å²) in [5.41, 5.74) is -0.267. The largest absolute Gasteiger partial charge is 0.461 e. The second-order valence-corrected chi connectivity index (χ2v) is 11.0. The van der Waals surface area contributed by atoms with Crippen molar-refractivity contribution in [3.63, 3.8) is 0 Å². The Hall–Kier alpha value is -1.87. The van der Waals surface area contributed by atoms with E-state index in [1.54, 1.807) is 37.2 Å². The minimum Gasteiger partial charge on any atom is -0.461 e. The van der Waals surface area contributed by atoms with Gasteiger partial charge in [-0.1, -0.05) is 78.7 Å². The molecule has 0 aromatic rings. The summed E-state index contributed by atoms with van der Waals surface area (Å²) in [6.07, 6.45) is 14.9. The number of hydrogen-bond acceptors (Lipinski definition) is 6. The Balaban J connectivity index is -0.0000000974. The van der Waals surface area contributed by atoms with E-state index in [1.807, 2.05) is 53.7 Å². The van der Waals surface area contributed by atoms with E-state index in [2.05, 4.69) is 13.2 Å². The summed E-state index contributed by atoms with van der Waals surface area (Å²) in [4.78, 5) is 21.9. The van der Waals surface area contributed by atoms with Crippen molar-refractivity contribution in [2.24, 2.45) is 11.8 Å².